The Labute approximate surface area is 148 Å². The highest BCUT2D eigenvalue weighted by molar-refractivity contribution is 5.92. The number of halogens is 3. The smallest absolute Gasteiger partial charge is 0.383 e. The van der Waals surface area contributed by atoms with E-state index in [0.29, 0.717) is 16.8 Å². The van der Waals surface area contributed by atoms with Gasteiger partial charge in [0.25, 0.3) is 0 Å². The summed E-state index contributed by atoms with van der Waals surface area (Å²) in [6.07, 6.45) is -4.57. The Morgan fingerprint density at radius 2 is 1.58 bits per heavy atom. The molecular formula is C20H14F3N3. The molecule has 1 heterocycles. The zero-order chi connectivity index (χ0) is 18.9. The summed E-state index contributed by atoms with van der Waals surface area (Å²) in [5.41, 5.74) is 6.63. The van der Waals surface area contributed by atoms with Crippen molar-refractivity contribution in [2.24, 2.45) is 0 Å². The van der Waals surface area contributed by atoms with Crippen molar-refractivity contribution in [3.05, 3.63) is 71.4 Å². The van der Waals surface area contributed by atoms with E-state index in [4.69, 9.17) is 5.73 Å². The number of benzene rings is 2. The Morgan fingerprint density at radius 1 is 0.962 bits per heavy atom. The summed E-state index contributed by atoms with van der Waals surface area (Å²) in [6, 6.07) is 16.0. The first kappa shape index (κ1) is 17.5. The van der Waals surface area contributed by atoms with Crippen LogP contribution in [0.25, 0.3) is 22.3 Å². The van der Waals surface area contributed by atoms with Gasteiger partial charge in [-0.2, -0.15) is 18.4 Å². The lowest BCUT2D eigenvalue weighted by molar-refractivity contribution is -0.137. The molecule has 0 saturated carbocycles. The van der Waals surface area contributed by atoms with Crippen LogP contribution >= 0.6 is 0 Å². The van der Waals surface area contributed by atoms with Gasteiger partial charge in [-0.1, -0.05) is 48.5 Å². The summed E-state index contributed by atoms with van der Waals surface area (Å²) in [7, 11) is 0. The van der Waals surface area contributed by atoms with E-state index >= 15 is 0 Å². The molecule has 3 aromatic rings. The van der Waals surface area contributed by atoms with Gasteiger partial charge in [-0.05, 0) is 24.1 Å². The van der Waals surface area contributed by atoms with Gasteiger partial charge in [-0.15, -0.1) is 0 Å². The number of aromatic nitrogens is 1. The van der Waals surface area contributed by atoms with Crippen LogP contribution in [0.2, 0.25) is 0 Å². The summed E-state index contributed by atoms with van der Waals surface area (Å²) < 4.78 is 40.7. The van der Waals surface area contributed by atoms with Crippen molar-refractivity contribution in [1.82, 2.24) is 4.98 Å². The van der Waals surface area contributed by atoms with Gasteiger partial charge >= 0.3 is 6.18 Å². The van der Waals surface area contributed by atoms with Crippen LogP contribution in [0.5, 0.6) is 0 Å². The highest BCUT2D eigenvalue weighted by atomic mass is 19.4. The average Bonchev–Trinajstić information content (AvgIpc) is 2.61. The Morgan fingerprint density at radius 3 is 2.19 bits per heavy atom. The standard InChI is InChI=1S/C20H14F3N3/c1-12-17(13-7-3-2-4-8-13)18(15(11-24)19(25)26-12)14-9-5-6-10-16(14)20(21,22)23/h2-10H,1H3,(H2,25,26). The van der Waals surface area contributed by atoms with Crippen molar-refractivity contribution >= 4 is 5.82 Å². The second kappa shape index (κ2) is 6.52. The quantitative estimate of drug-likeness (QED) is 0.689. The van der Waals surface area contributed by atoms with Crippen LogP contribution in [-0.2, 0) is 6.18 Å². The SMILES string of the molecule is Cc1nc(N)c(C#N)c(-c2ccccc2C(F)(F)F)c1-c1ccccc1. The van der Waals surface area contributed by atoms with Gasteiger partial charge in [0, 0.05) is 16.8 Å². The number of alkyl halides is 3. The van der Waals surface area contributed by atoms with Crippen LogP contribution in [-0.4, -0.2) is 4.98 Å². The number of aryl methyl sites for hydroxylation is 1. The number of hydrogen-bond acceptors (Lipinski definition) is 3. The zero-order valence-electron chi connectivity index (χ0n) is 13.8. The van der Waals surface area contributed by atoms with E-state index < -0.39 is 11.7 Å². The van der Waals surface area contributed by atoms with E-state index in [1.165, 1.54) is 18.2 Å². The van der Waals surface area contributed by atoms with E-state index in [-0.39, 0.29) is 22.5 Å². The molecule has 0 fully saturated rings. The first-order valence-corrected chi connectivity index (χ1v) is 7.76. The normalized spacial score (nSPS) is 11.2. The van der Waals surface area contributed by atoms with Crippen molar-refractivity contribution < 1.29 is 13.2 Å². The van der Waals surface area contributed by atoms with Crippen LogP contribution in [0.1, 0.15) is 16.8 Å². The van der Waals surface area contributed by atoms with Crippen molar-refractivity contribution in [1.29, 1.82) is 5.26 Å². The molecule has 0 aliphatic carbocycles. The predicted molar refractivity (Wildman–Crippen MR) is 94.0 cm³/mol. The summed E-state index contributed by atoms with van der Waals surface area (Å²) >= 11 is 0. The molecule has 0 spiro atoms. The Hall–Kier alpha value is -3.33. The Balaban J connectivity index is 2.48. The van der Waals surface area contributed by atoms with E-state index in [1.54, 1.807) is 37.3 Å². The van der Waals surface area contributed by atoms with E-state index in [2.05, 4.69) is 4.98 Å². The number of nitriles is 1. The van der Waals surface area contributed by atoms with Gasteiger partial charge in [0.05, 0.1) is 5.56 Å². The minimum absolute atomic E-state index is 0.0637. The van der Waals surface area contributed by atoms with Gasteiger partial charge in [0.15, 0.2) is 0 Å². The van der Waals surface area contributed by atoms with Gasteiger partial charge in [-0.25, -0.2) is 4.98 Å². The molecule has 0 amide bonds. The first-order valence-electron chi connectivity index (χ1n) is 7.76. The minimum Gasteiger partial charge on any atom is -0.383 e. The number of rotatable bonds is 2. The molecule has 0 aliphatic rings. The molecule has 0 unspecified atom stereocenters. The summed E-state index contributed by atoms with van der Waals surface area (Å²) in [6.45, 7) is 1.67. The third kappa shape index (κ3) is 3.00. The van der Waals surface area contributed by atoms with Crippen molar-refractivity contribution in [2.75, 3.05) is 5.73 Å². The molecule has 0 bridgehead atoms. The number of hydrogen-bond donors (Lipinski definition) is 1. The molecule has 2 N–H and O–H groups in total. The molecule has 130 valence electrons. The monoisotopic (exact) mass is 353 g/mol. The third-order valence-electron chi connectivity index (χ3n) is 4.08. The highest BCUT2D eigenvalue weighted by Gasteiger charge is 2.35. The van der Waals surface area contributed by atoms with E-state index in [0.717, 1.165) is 6.07 Å². The molecule has 2 aromatic carbocycles. The molecule has 0 atom stereocenters. The van der Waals surface area contributed by atoms with Gasteiger partial charge in [0.2, 0.25) is 0 Å². The second-order valence-electron chi connectivity index (χ2n) is 5.73. The Bertz CT molecular complexity index is 1000. The van der Waals surface area contributed by atoms with Crippen LogP contribution in [0.4, 0.5) is 19.0 Å². The first-order chi connectivity index (χ1) is 12.3. The zero-order valence-corrected chi connectivity index (χ0v) is 13.8. The number of nitrogens with zero attached hydrogens (tertiary/aromatic N) is 2. The summed E-state index contributed by atoms with van der Waals surface area (Å²) in [4.78, 5) is 4.17. The fourth-order valence-corrected chi connectivity index (χ4v) is 3.02. The summed E-state index contributed by atoms with van der Waals surface area (Å²) in [5, 5.41) is 9.57. The van der Waals surface area contributed by atoms with Crippen LogP contribution in [0, 0.1) is 18.3 Å². The lowest BCUT2D eigenvalue weighted by Crippen LogP contribution is -2.10. The number of nitrogen functional groups attached to an aromatic ring is 1. The fourth-order valence-electron chi connectivity index (χ4n) is 3.02. The predicted octanol–water partition coefficient (Wildman–Crippen LogP) is 5.20. The van der Waals surface area contributed by atoms with E-state index in [9.17, 15) is 18.4 Å². The molecule has 6 heteroatoms. The average molecular weight is 353 g/mol. The molecule has 1 aromatic heterocycles. The molecule has 0 radical (unpaired) electrons. The van der Waals surface area contributed by atoms with Crippen molar-refractivity contribution in [2.45, 2.75) is 13.1 Å². The maximum absolute atomic E-state index is 13.6. The largest absolute Gasteiger partial charge is 0.417 e. The molecule has 3 rings (SSSR count). The highest BCUT2D eigenvalue weighted by Crippen LogP contribution is 2.44. The maximum atomic E-state index is 13.6. The number of anilines is 1. The second-order valence-corrected chi connectivity index (χ2v) is 5.73. The van der Waals surface area contributed by atoms with Gasteiger partial charge in [0.1, 0.15) is 17.5 Å². The van der Waals surface area contributed by atoms with Gasteiger partial charge < -0.3 is 5.73 Å². The Kier molecular flexibility index (Phi) is 4.39. The summed E-state index contributed by atoms with van der Waals surface area (Å²) in [5.74, 6) is -0.0864. The van der Waals surface area contributed by atoms with E-state index in [1.807, 2.05) is 6.07 Å². The lowest BCUT2D eigenvalue weighted by Gasteiger charge is -2.19. The fraction of sp³-hybridized carbons (Fsp3) is 0.100. The van der Waals surface area contributed by atoms with Gasteiger partial charge in [-0.3, -0.25) is 0 Å². The molecular weight excluding hydrogens is 339 g/mol. The molecule has 26 heavy (non-hydrogen) atoms. The van der Waals surface area contributed by atoms with Crippen LogP contribution in [0.15, 0.2) is 54.6 Å². The number of pyridine rings is 1. The number of nitrogens with two attached hydrogens (primary N) is 1. The van der Waals surface area contributed by atoms with Crippen molar-refractivity contribution in [3.63, 3.8) is 0 Å². The molecule has 3 nitrogen and oxygen atoms in total. The third-order valence-corrected chi connectivity index (χ3v) is 4.08. The van der Waals surface area contributed by atoms with Crippen LogP contribution in [0.3, 0.4) is 0 Å². The topological polar surface area (TPSA) is 62.7 Å². The van der Waals surface area contributed by atoms with Crippen molar-refractivity contribution in [3.8, 4) is 28.3 Å². The lowest BCUT2D eigenvalue weighted by atomic mass is 9.88. The minimum atomic E-state index is -4.57. The van der Waals surface area contributed by atoms with Crippen LogP contribution < -0.4 is 5.73 Å². The maximum Gasteiger partial charge on any atom is 0.417 e. The molecule has 0 saturated heterocycles. The molecule has 0 aliphatic heterocycles.